The fourth-order valence-electron chi connectivity index (χ4n) is 11.1. The summed E-state index contributed by atoms with van der Waals surface area (Å²) in [6.45, 7) is 18.1. The van der Waals surface area contributed by atoms with E-state index < -0.39 is 12.2 Å². The second-order valence-corrected chi connectivity index (χ2v) is 24.4. The van der Waals surface area contributed by atoms with Crippen molar-refractivity contribution in [3.05, 3.63) is 0 Å². The molecule has 0 saturated carbocycles. The van der Waals surface area contributed by atoms with Crippen molar-refractivity contribution in [2.24, 2.45) is 0 Å². The number of aliphatic hydroxyl groups excluding tert-OH is 2. The van der Waals surface area contributed by atoms with Gasteiger partial charge in [0.05, 0.1) is 12.2 Å². The number of carbonyl (C=O) groups excluding carboxylic acids is 2. The summed E-state index contributed by atoms with van der Waals surface area (Å²) < 4.78 is 0. The number of hydrogen-bond acceptors (Lipinski definition) is 8. The molecule has 0 aromatic carbocycles. The molecule has 10 nitrogen and oxygen atoms in total. The first kappa shape index (κ1) is 76.7. The lowest BCUT2D eigenvalue weighted by atomic mass is 10.1. The molecule has 0 aliphatic heterocycles. The number of nitrogens with one attached hydrogen (secondary N) is 4. The van der Waals surface area contributed by atoms with E-state index in [1.165, 1.54) is 270 Å². The fourth-order valence-corrected chi connectivity index (χ4v) is 11.1. The maximum absolute atomic E-state index is 12.5. The quantitative estimate of drug-likeness (QED) is 0.0332. The molecule has 0 spiro atoms. The van der Waals surface area contributed by atoms with Gasteiger partial charge in [0.1, 0.15) is 0 Å². The van der Waals surface area contributed by atoms with E-state index in [2.05, 4.69) is 58.8 Å². The topological polar surface area (TPSA) is 129 Å². The molecule has 0 aliphatic carbocycles. The molecule has 466 valence electrons. The summed E-state index contributed by atoms with van der Waals surface area (Å²) in [5.74, 6) is 0.208. The molecule has 10 heteroatoms. The van der Waals surface area contributed by atoms with E-state index in [9.17, 15) is 19.8 Å². The monoisotopic (exact) mass is 1110 g/mol. The zero-order valence-corrected chi connectivity index (χ0v) is 53.2. The second kappa shape index (κ2) is 64.9. The van der Waals surface area contributed by atoms with Gasteiger partial charge in [0.25, 0.3) is 0 Å². The molecular formula is C68H140N6O4. The largest absolute Gasteiger partial charge is 0.390 e. The standard InChI is InChI=1S/C68H140N6O4/c1-5-9-13-17-21-25-29-31-35-39-43-47-57-73(63-65(75)61-69-55-51-67(77)71-53-45-41-37-33-27-23-19-15-11-7-3)59-49-50-60-74(58-48-44-40-36-32-30-26-22-18-14-10-6-2)64-66(76)62-70-56-52-68(78)72-54-46-42-38-34-28-24-20-16-12-8-4/h65-66,69-70,75-76H,5-64H2,1-4H3,(H,71,77)(H,72,78). The Morgan fingerprint density at radius 3 is 0.744 bits per heavy atom. The number of aliphatic hydroxyl groups is 2. The molecule has 0 radical (unpaired) electrons. The van der Waals surface area contributed by atoms with Gasteiger partial charge in [-0.25, -0.2) is 0 Å². The summed E-state index contributed by atoms with van der Waals surface area (Å²) in [5, 5.41) is 35.4. The van der Waals surface area contributed by atoms with Crippen molar-refractivity contribution >= 4 is 11.8 Å². The third-order valence-corrected chi connectivity index (χ3v) is 16.3. The third kappa shape index (κ3) is 60.8. The molecule has 0 bridgehead atoms. The van der Waals surface area contributed by atoms with Gasteiger partial charge in [-0.15, -0.1) is 0 Å². The second-order valence-electron chi connectivity index (χ2n) is 24.4. The van der Waals surface area contributed by atoms with Crippen molar-refractivity contribution in [2.45, 2.75) is 348 Å². The van der Waals surface area contributed by atoms with E-state index in [-0.39, 0.29) is 11.8 Å². The number of nitrogens with zero attached hydrogens (tertiary/aromatic N) is 2. The van der Waals surface area contributed by atoms with Crippen LogP contribution in [0, 0.1) is 0 Å². The minimum Gasteiger partial charge on any atom is -0.390 e. The van der Waals surface area contributed by atoms with Crippen LogP contribution in [0.2, 0.25) is 0 Å². The van der Waals surface area contributed by atoms with Crippen molar-refractivity contribution in [1.29, 1.82) is 0 Å². The fraction of sp³-hybridized carbons (Fsp3) is 0.971. The lowest BCUT2D eigenvalue weighted by Gasteiger charge is -2.27. The van der Waals surface area contributed by atoms with Gasteiger partial charge in [-0.05, 0) is 64.7 Å². The van der Waals surface area contributed by atoms with Gasteiger partial charge in [0, 0.05) is 65.2 Å². The molecular weight excluding hydrogens is 965 g/mol. The predicted molar refractivity (Wildman–Crippen MR) is 341 cm³/mol. The molecule has 0 aliphatic rings. The van der Waals surface area contributed by atoms with Crippen LogP contribution in [0.15, 0.2) is 0 Å². The number of hydrogen-bond donors (Lipinski definition) is 6. The molecule has 2 amide bonds. The highest BCUT2D eigenvalue weighted by Gasteiger charge is 2.15. The zero-order valence-electron chi connectivity index (χ0n) is 53.2. The van der Waals surface area contributed by atoms with Gasteiger partial charge in [0.15, 0.2) is 0 Å². The van der Waals surface area contributed by atoms with E-state index in [1.807, 2.05) is 0 Å². The van der Waals surface area contributed by atoms with Gasteiger partial charge in [-0.2, -0.15) is 0 Å². The maximum atomic E-state index is 12.5. The lowest BCUT2D eigenvalue weighted by Crippen LogP contribution is -2.41. The van der Waals surface area contributed by atoms with Crippen LogP contribution in [0.25, 0.3) is 0 Å². The highest BCUT2D eigenvalue weighted by atomic mass is 16.3. The molecule has 2 unspecified atom stereocenters. The lowest BCUT2D eigenvalue weighted by molar-refractivity contribution is -0.121. The smallest absolute Gasteiger partial charge is 0.221 e. The van der Waals surface area contributed by atoms with Crippen LogP contribution in [-0.2, 0) is 9.59 Å². The molecule has 0 heterocycles. The summed E-state index contributed by atoms with van der Waals surface area (Å²) in [4.78, 5) is 30.1. The van der Waals surface area contributed by atoms with Gasteiger partial charge in [-0.1, -0.05) is 285 Å². The first-order chi connectivity index (χ1) is 38.4. The Bertz CT molecular complexity index is 1090. The van der Waals surface area contributed by atoms with Crippen molar-refractivity contribution < 1.29 is 19.8 Å². The van der Waals surface area contributed by atoms with Crippen LogP contribution in [0.5, 0.6) is 0 Å². The van der Waals surface area contributed by atoms with Crippen LogP contribution in [0.3, 0.4) is 0 Å². The van der Waals surface area contributed by atoms with Crippen molar-refractivity contribution in [3.63, 3.8) is 0 Å². The SMILES string of the molecule is CCCCCCCCCCCCCCN(CCCCN(CCCCCCCCCCCCCC)CC(O)CNCCC(=O)NCCCCCCCCCCCC)CC(O)CNCCC(=O)NCCCCCCCCCCCC. The van der Waals surface area contributed by atoms with Crippen molar-refractivity contribution in [2.75, 3.05) is 78.5 Å². The molecule has 6 N–H and O–H groups in total. The highest BCUT2D eigenvalue weighted by Crippen LogP contribution is 2.16. The molecule has 0 aromatic rings. The summed E-state index contributed by atoms with van der Waals surface area (Å²) in [7, 11) is 0. The van der Waals surface area contributed by atoms with Gasteiger partial charge in [0.2, 0.25) is 11.8 Å². The average Bonchev–Trinajstić information content (AvgIpc) is 3.43. The summed E-state index contributed by atoms with van der Waals surface area (Å²) in [6, 6.07) is 0. The van der Waals surface area contributed by atoms with Crippen LogP contribution >= 0.6 is 0 Å². The average molecular weight is 1110 g/mol. The minimum atomic E-state index is -0.474. The van der Waals surface area contributed by atoms with E-state index in [4.69, 9.17) is 0 Å². The molecule has 0 rings (SSSR count). The van der Waals surface area contributed by atoms with E-state index in [0.29, 0.717) is 52.1 Å². The molecule has 0 saturated heterocycles. The molecule has 0 aromatic heterocycles. The zero-order chi connectivity index (χ0) is 56.7. The number of rotatable bonds is 67. The van der Waals surface area contributed by atoms with Crippen LogP contribution in [0.4, 0.5) is 0 Å². The maximum Gasteiger partial charge on any atom is 0.221 e. The minimum absolute atomic E-state index is 0.104. The summed E-state index contributed by atoms with van der Waals surface area (Å²) >= 11 is 0. The highest BCUT2D eigenvalue weighted by molar-refractivity contribution is 5.76. The Kier molecular flexibility index (Phi) is 63.8. The van der Waals surface area contributed by atoms with Crippen LogP contribution in [0.1, 0.15) is 336 Å². The Labute approximate surface area is 487 Å². The first-order valence-corrected chi connectivity index (χ1v) is 35.1. The molecule has 0 fully saturated rings. The summed E-state index contributed by atoms with van der Waals surface area (Å²) in [6.07, 6.45) is 60.2. The Morgan fingerprint density at radius 1 is 0.295 bits per heavy atom. The van der Waals surface area contributed by atoms with E-state index in [1.54, 1.807) is 0 Å². The Balaban J connectivity index is 5.00. The van der Waals surface area contributed by atoms with E-state index >= 15 is 0 Å². The van der Waals surface area contributed by atoms with Crippen LogP contribution in [-0.4, -0.2) is 123 Å². The van der Waals surface area contributed by atoms with Gasteiger partial charge < -0.3 is 41.3 Å². The van der Waals surface area contributed by atoms with E-state index in [0.717, 1.165) is 65.0 Å². The molecule has 78 heavy (non-hydrogen) atoms. The predicted octanol–water partition coefficient (Wildman–Crippen LogP) is 16.5. The Hall–Kier alpha value is -1.30. The van der Waals surface area contributed by atoms with Gasteiger partial charge >= 0.3 is 0 Å². The number of unbranched alkanes of at least 4 members (excludes halogenated alkanes) is 41. The Morgan fingerprint density at radius 2 is 0.500 bits per heavy atom. The number of carbonyl (C=O) groups is 2. The third-order valence-electron chi connectivity index (χ3n) is 16.3. The molecule has 2 atom stereocenters. The van der Waals surface area contributed by atoms with Crippen LogP contribution < -0.4 is 21.3 Å². The normalized spacial score (nSPS) is 12.6. The van der Waals surface area contributed by atoms with Gasteiger partial charge in [-0.3, -0.25) is 9.59 Å². The number of amides is 2. The first-order valence-electron chi connectivity index (χ1n) is 35.1. The van der Waals surface area contributed by atoms with Crippen molar-refractivity contribution in [3.8, 4) is 0 Å². The summed E-state index contributed by atoms with van der Waals surface area (Å²) in [5.41, 5.74) is 0. The van der Waals surface area contributed by atoms with Crippen molar-refractivity contribution in [1.82, 2.24) is 31.1 Å².